The highest BCUT2D eigenvalue weighted by molar-refractivity contribution is 5.49. The number of aryl methyl sites for hydroxylation is 1. The Kier molecular flexibility index (Phi) is 3.06. The number of nitrogens with one attached hydrogen (secondary N) is 1. The third-order valence-corrected chi connectivity index (χ3v) is 3.94. The normalized spacial score (nSPS) is 22.8. The number of hydrogen-bond donors (Lipinski definition) is 1. The fourth-order valence-corrected chi connectivity index (χ4v) is 2.58. The Labute approximate surface area is 112 Å². The average Bonchev–Trinajstić information content (AvgIpc) is 3.08. The predicted octanol–water partition coefficient (Wildman–Crippen LogP) is 2.08. The standard InChI is InChI=1S/C14H18N4O/c1-3-14(5-7-15-9-14)13-17-12(18-19-13)11-8-10(2)4-6-16-11/h4,6,8,15H,3,5,7,9H2,1-2H3. The van der Waals surface area contributed by atoms with E-state index < -0.39 is 0 Å². The van der Waals surface area contributed by atoms with Crippen molar-refractivity contribution in [2.24, 2.45) is 0 Å². The Balaban J connectivity index is 1.95. The van der Waals surface area contributed by atoms with E-state index in [0.717, 1.165) is 43.1 Å². The fraction of sp³-hybridized carbons (Fsp3) is 0.500. The first-order valence-corrected chi connectivity index (χ1v) is 6.71. The third kappa shape index (κ3) is 2.14. The van der Waals surface area contributed by atoms with Crippen LogP contribution < -0.4 is 5.32 Å². The summed E-state index contributed by atoms with van der Waals surface area (Å²) in [6, 6.07) is 3.93. The van der Waals surface area contributed by atoms with E-state index >= 15 is 0 Å². The molecular weight excluding hydrogens is 240 g/mol. The van der Waals surface area contributed by atoms with Crippen LogP contribution in [-0.4, -0.2) is 28.2 Å². The molecule has 0 radical (unpaired) electrons. The summed E-state index contributed by atoms with van der Waals surface area (Å²) in [5, 5.41) is 7.47. The van der Waals surface area contributed by atoms with Crippen LogP contribution >= 0.6 is 0 Å². The summed E-state index contributed by atoms with van der Waals surface area (Å²) >= 11 is 0. The van der Waals surface area contributed by atoms with Crippen molar-refractivity contribution in [2.45, 2.75) is 32.1 Å². The van der Waals surface area contributed by atoms with E-state index in [-0.39, 0.29) is 5.41 Å². The molecule has 5 nitrogen and oxygen atoms in total. The van der Waals surface area contributed by atoms with Crippen molar-refractivity contribution in [3.05, 3.63) is 29.8 Å². The summed E-state index contributed by atoms with van der Waals surface area (Å²) in [7, 11) is 0. The first-order valence-electron chi connectivity index (χ1n) is 6.71. The fourth-order valence-electron chi connectivity index (χ4n) is 2.58. The van der Waals surface area contributed by atoms with Gasteiger partial charge in [0.05, 0.1) is 5.41 Å². The molecular formula is C14H18N4O. The summed E-state index contributed by atoms with van der Waals surface area (Å²) < 4.78 is 5.50. The van der Waals surface area contributed by atoms with Gasteiger partial charge in [-0.15, -0.1) is 0 Å². The molecule has 1 saturated heterocycles. The molecule has 0 aliphatic carbocycles. The molecule has 1 aliphatic heterocycles. The molecule has 1 atom stereocenters. The van der Waals surface area contributed by atoms with E-state index in [1.807, 2.05) is 19.1 Å². The second-order valence-electron chi connectivity index (χ2n) is 5.20. The number of nitrogens with zero attached hydrogens (tertiary/aromatic N) is 3. The highest BCUT2D eigenvalue weighted by atomic mass is 16.5. The van der Waals surface area contributed by atoms with Crippen molar-refractivity contribution in [3.63, 3.8) is 0 Å². The molecule has 5 heteroatoms. The van der Waals surface area contributed by atoms with Crippen molar-refractivity contribution >= 4 is 0 Å². The number of hydrogen-bond acceptors (Lipinski definition) is 5. The zero-order chi connectivity index (χ0) is 13.3. The molecule has 100 valence electrons. The molecule has 2 aromatic heterocycles. The molecule has 0 amide bonds. The average molecular weight is 258 g/mol. The monoisotopic (exact) mass is 258 g/mol. The molecule has 3 rings (SSSR count). The van der Waals surface area contributed by atoms with Gasteiger partial charge in [0.15, 0.2) is 0 Å². The van der Waals surface area contributed by atoms with Crippen LogP contribution in [0.1, 0.15) is 31.2 Å². The predicted molar refractivity (Wildman–Crippen MR) is 71.7 cm³/mol. The second kappa shape index (κ2) is 4.74. The number of pyridine rings is 1. The Bertz CT molecular complexity index is 572. The third-order valence-electron chi connectivity index (χ3n) is 3.94. The Morgan fingerprint density at radius 2 is 2.37 bits per heavy atom. The SMILES string of the molecule is CCC1(c2nc(-c3cc(C)ccn3)no2)CCNC1. The van der Waals surface area contributed by atoms with Crippen LogP contribution in [0.15, 0.2) is 22.9 Å². The van der Waals surface area contributed by atoms with E-state index in [4.69, 9.17) is 4.52 Å². The maximum absolute atomic E-state index is 5.50. The molecule has 0 bridgehead atoms. The van der Waals surface area contributed by atoms with Crippen molar-refractivity contribution in [1.82, 2.24) is 20.4 Å². The molecule has 2 aromatic rings. The van der Waals surface area contributed by atoms with Gasteiger partial charge in [0, 0.05) is 12.7 Å². The molecule has 19 heavy (non-hydrogen) atoms. The van der Waals surface area contributed by atoms with E-state index in [2.05, 4.69) is 27.4 Å². The van der Waals surface area contributed by atoms with Crippen LogP contribution in [0.3, 0.4) is 0 Å². The summed E-state index contributed by atoms with van der Waals surface area (Å²) in [5.41, 5.74) is 1.91. The lowest BCUT2D eigenvalue weighted by Gasteiger charge is -2.20. The van der Waals surface area contributed by atoms with Gasteiger partial charge in [-0.1, -0.05) is 12.1 Å². The Morgan fingerprint density at radius 3 is 3.05 bits per heavy atom. The van der Waals surface area contributed by atoms with E-state index in [1.54, 1.807) is 6.20 Å². The van der Waals surface area contributed by atoms with Crippen molar-refractivity contribution < 1.29 is 4.52 Å². The Hall–Kier alpha value is -1.75. The maximum Gasteiger partial charge on any atom is 0.234 e. The smallest absolute Gasteiger partial charge is 0.234 e. The van der Waals surface area contributed by atoms with Crippen molar-refractivity contribution in [2.75, 3.05) is 13.1 Å². The first-order chi connectivity index (χ1) is 9.23. The lowest BCUT2D eigenvalue weighted by atomic mass is 9.84. The first kappa shape index (κ1) is 12.3. The van der Waals surface area contributed by atoms with Gasteiger partial charge >= 0.3 is 0 Å². The summed E-state index contributed by atoms with van der Waals surface area (Å²) in [5.74, 6) is 1.32. The van der Waals surface area contributed by atoms with Crippen LogP contribution in [0.25, 0.3) is 11.5 Å². The Morgan fingerprint density at radius 1 is 1.47 bits per heavy atom. The molecule has 0 aromatic carbocycles. The second-order valence-corrected chi connectivity index (χ2v) is 5.20. The van der Waals surface area contributed by atoms with Crippen LogP contribution in [-0.2, 0) is 5.41 Å². The maximum atomic E-state index is 5.50. The quantitative estimate of drug-likeness (QED) is 0.913. The van der Waals surface area contributed by atoms with Crippen molar-refractivity contribution in [1.29, 1.82) is 0 Å². The minimum Gasteiger partial charge on any atom is -0.338 e. The van der Waals surface area contributed by atoms with Crippen LogP contribution in [0.4, 0.5) is 0 Å². The molecule has 1 fully saturated rings. The summed E-state index contributed by atoms with van der Waals surface area (Å²) in [6.45, 7) is 6.11. The largest absolute Gasteiger partial charge is 0.338 e. The topological polar surface area (TPSA) is 63.8 Å². The molecule has 0 saturated carbocycles. The van der Waals surface area contributed by atoms with Crippen LogP contribution in [0.2, 0.25) is 0 Å². The van der Waals surface area contributed by atoms with Gasteiger partial charge in [0.1, 0.15) is 5.69 Å². The number of rotatable bonds is 3. The van der Waals surface area contributed by atoms with Gasteiger partial charge in [-0.25, -0.2) is 0 Å². The molecule has 1 aliphatic rings. The minimum atomic E-state index is -0.00489. The van der Waals surface area contributed by atoms with E-state index in [0.29, 0.717) is 5.82 Å². The van der Waals surface area contributed by atoms with Gasteiger partial charge in [-0.3, -0.25) is 4.98 Å². The van der Waals surface area contributed by atoms with Gasteiger partial charge < -0.3 is 9.84 Å². The highest BCUT2D eigenvalue weighted by Gasteiger charge is 2.39. The van der Waals surface area contributed by atoms with E-state index in [9.17, 15) is 0 Å². The van der Waals surface area contributed by atoms with Gasteiger partial charge in [-0.2, -0.15) is 4.98 Å². The summed E-state index contributed by atoms with van der Waals surface area (Å²) in [6.07, 6.45) is 3.82. The lowest BCUT2D eigenvalue weighted by molar-refractivity contribution is 0.285. The summed E-state index contributed by atoms with van der Waals surface area (Å²) in [4.78, 5) is 8.86. The highest BCUT2D eigenvalue weighted by Crippen LogP contribution is 2.33. The molecule has 1 N–H and O–H groups in total. The molecule has 0 spiro atoms. The molecule has 1 unspecified atom stereocenters. The zero-order valence-electron chi connectivity index (χ0n) is 11.3. The van der Waals surface area contributed by atoms with Gasteiger partial charge in [0.25, 0.3) is 0 Å². The van der Waals surface area contributed by atoms with Crippen LogP contribution in [0.5, 0.6) is 0 Å². The molecule has 3 heterocycles. The lowest BCUT2D eigenvalue weighted by Crippen LogP contribution is -2.28. The van der Waals surface area contributed by atoms with Gasteiger partial charge in [0.2, 0.25) is 11.7 Å². The van der Waals surface area contributed by atoms with E-state index in [1.165, 1.54) is 0 Å². The van der Waals surface area contributed by atoms with Crippen molar-refractivity contribution in [3.8, 4) is 11.5 Å². The van der Waals surface area contributed by atoms with Gasteiger partial charge in [-0.05, 0) is 44.0 Å². The number of aromatic nitrogens is 3. The zero-order valence-corrected chi connectivity index (χ0v) is 11.3. The van der Waals surface area contributed by atoms with Crippen LogP contribution in [0, 0.1) is 6.92 Å². The minimum absolute atomic E-state index is 0.00489.